The number of hydrogen-bond donors (Lipinski definition) is 1. The second-order valence-electron chi connectivity index (χ2n) is 6.30. The third kappa shape index (κ3) is 3.13. The van der Waals surface area contributed by atoms with Crippen LogP contribution in [0.3, 0.4) is 0 Å². The topological polar surface area (TPSA) is 29.9 Å². The Bertz CT molecular complexity index is 587. The summed E-state index contributed by atoms with van der Waals surface area (Å²) in [6.45, 7) is 6.31. The molecule has 21 heavy (non-hydrogen) atoms. The molecule has 0 aliphatic heterocycles. The third-order valence-corrected chi connectivity index (χ3v) is 4.95. The number of aryl methyl sites for hydroxylation is 1. The summed E-state index contributed by atoms with van der Waals surface area (Å²) in [4.78, 5) is 0. The smallest absolute Gasteiger partial charge is 0.0841 e. The van der Waals surface area contributed by atoms with Gasteiger partial charge in [0, 0.05) is 24.5 Å². The van der Waals surface area contributed by atoms with Gasteiger partial charge in [-0.15, -0.1) is 0 Å². The van der Waals surface area contributed by atoms with E-state index < -0.39 is 0 Å². The summed E-state index contributed by atoms with van der Waals surface area (Å²) in [5.74, 6) is 0.918. The predicted octanol–water partition coefficient (Wildman–Crippen LogP) is 4.11. The van der Waals surface area contributed by atoms with Crippen molar-refractivity contribution in [2.45, 2.75) is 65.1 Å². The van der Waals surface area contributed by atoms with Crippen LogP contribution in [0.2, 0.25) is 0 Å². The van der Waals surface area contributed by atoms with Crippen molar-refractivity contribution in [1.82, 2.24) is 15.1 Å². The highest BCUT2D eigenvalue weighted by molar-refractivity contribution is 5.81. The molecule has 3 rings (SSSR count). The number of hydrogen-bond acceptors (Lipinski definition) is 2. The van der Waals surface area contributed by atoms with Gasteiger partial charge in [0.05, 0.1) is 11.2 Å². The molecule has 0 spiro atoms. The average molecular weight is 285 g/mol. The normalized spacial score (nSPS) is 22.8. The lowest BCUT2D eigenvalue weighted by molar-refractivity contribution is 0.278. The number of nitrogens with one attached hydrogen (secondary N) is 1. The van der Waals surface area contributed by atoms with Crippen LogP contribution in [0.1, 0.15) is 51.6 Å². The van der Waals surface area contributed by atoms with Gasteiger partial charge >= 0.3 is 0 Å². The van der Waals surface area contributed by atoms with Crippen LogP contribution in [-0.2, 0) is 13.1 Å². The highest BCUT2D eigenvalue weighted by Crippen LogP contribution is 2.27. The largest absolute Gasteiger partial charge is 0.308 e. The predicted molar refractivity (Wildman–Crippen MR) is 88.3 cm³/mol. The van der Waals surface area contributed by atoms with Crippen LogP contribution in [-0.4, -0.2) is 15.8 Å². The molecule has 1 fully saturated rings. The van der Waals surface area contributed by atoms with Gasteiger partial charge in [0.2, 0.25) is 0 Å². The molecule has 1 N–H and O–H groups in total. The van der Waals surface area contributed by atoms with E-state index in [0.717, 1.165) is 19.0 Å². The minimum absolute atomic E-state index is 0.675. The molecular formula is C18H27N3. The number of benzene rings is 1. The molecule has 1 saturated carbocycles. The molecule has 3 nitrogen and oxygen atoms in total. The molecule has 1 aromatic heterocycles. The van der Waals surface area contributed by atoms with Crippen molar-refractivity contribution < 1.29 is 0 Å². The zero-order chi connectivity index (χ0) is 14.7. The molecule has 1 aliphatic carbocycles. The summed E-state index contributed by atoms with van der Waals surface area (Å²) in [5.41, 5.74) is 2.46. The minimum atomic E-state index is 0.675. The lowest BCUT2D eigenvalue weighted by atomic mass is 9.84. The average Bonchev–Trinajstić information content (AvgIpc) is 2.91. The van der Waals surface area contributed by atoms with Crippen LogP contribution in [0.25, 0.3) is 10.9 Å². The van der Waals surface area contributed by atoms with E-state index in [1.165, 1.54) is 48.7 Å². The molecular weight excluding hydrogens is 258 g/mol. The van der Waals surface area contributed by atoms with Crippen LogP contribution in [0.15, 0.2) is 24.3 Å². The second kappa shape index (κ2) is 6.61. The van der Waals surface area contributed by atoms with Gasteiger partial charge in [0.15, 0.2) is 0 Å². The maximum atomic E-state index is 4.79. The van der Waals surface area contributed by atoms with Crippen LogP contribution in [0.4, 0.5) is 0 Å². The lowest BCUT2D eigenvalue weighted by Crippen LogP contribution is -2.33. The van der Waals surface area contributed by atoms with Gasteiger partial charge in [-0.3, -0.25) is 4.68 Å². The second-order valence-corrected chi connectivity index (χ2v) is 6.30. The molecule has 1 heterocycles. The van der Waals surface area contributed by atoms with Crippen LogP contribution in [0, 0.1) is 5.92 Å². The molecule has 0 amide bonds. The Morgan fingerprint density at radius 1 is 1.24 bits per heavy atom. The highest BCUT2D eigenvalue weighted by Gasteiger charge is 2.20. The summed E-state index contributed by atoms with van der Waals surface area (Å²) in [5, 5.41) is 9.84. The van der Waals surface area contributed by atoms with Gasteiger partial charge in [0.25, 0.3) is 0 Å². The van der Waals surface area contributed by atoms with E-state index >= 15 is 0 Å². The van der Waals surface area contributed by atoms with Crippen molar-refractivity contribution in [3.63, 3.8) is 0 Å². The van der Waals surface area contributed by atoms with Crippen molar-refractivity contribution in [3.05, 3.63) is 30.0 Å². The monoisotopic (exact) mass is 285 g/mol. The quantitative estimate of drug-likeness (QED) is 0.895. The standard InChI is InChI=1S/C18H27N3/c1-3-14-8-7-9-15(12-14)19-13-17-16-10-5-6-11-18(16)21(4-2)20-17/h5-6,10-11,14-15,19H,3-4,7-9,12-13H2,1-2H3. The van der Waals surface area contributed by atoms with E-state index in [1.807, 2.05) is 0 Å². The Hall–Kier alpha value is -1.35. The van der Waals surface area contributed by atoms with Crippen molar-refractivity contribution >= 4 is 10.9 Å². The van der Waals surface area contributed by atoms with Gasteiger partial charge in [-0.25, -0.2) is 0 Å². The van der Waals surface area contributed by atoms with Gasteiger partial charge in [-0.1, -0.05) is 44.4 Å². The minimum Gasteiger partial charge on any atom is -0.308 e. The van der Waals surface area contributed by atoms with Crippen molar-refractivity contribution in [2.75, 3.05) is 0 Å². The number of nitrogens with zero attached hydrogens (tertiary/aromatic N) is 2. The molecule has 2 atom stereocenters. The number of para-hydroxylation sites is 1. The number of rotatable bonds is 5. The molecule has 2 unspecified atom stereocenters. The first-order valence-electron chi connectivity index (χ1n) is 8.49. The summed E-state index contributed by atoms with van der Waals surface area (Å²) < 4.78 is 2.11. The Morgan fingerprint density at radius 2 is 2.10 bits per heavy atom. The first kappa shape index (κ1) is 14.6. The summed E-state index contributed by atoms with van der Waals surface area (Å²) in [7, 11) is 0. The summed E-state index contributed by atoms with van der Waals surface area (Å²) in [6.07, 6.45) is 6.78. The molecule has 0 saturated heterocycles. The maximum absolute atomic E-state index is 4.79. The van der Waals surface area contributed by atoms with Crippen LogP contribution >= 0.6 is 0 Å². The Morgan fingerprint density at radius 3 is 2.90 bits per heavy atom. The Balaban J connectivity index is 1.70. The fraction of sp³-hybridized carbons (Fsp3) is 0.611. The molecule has 1 aliphatic rings. The van der Waals surface area contributed by atoms with E-state index in [9.17, 15) is 0 Å². The van der Waals surface area contributed by atoms with Gasteiger partial charge in [-0.05, 0) is 31.7 Å². The zero-order valence-corrected chi connectivity index (χ0v) is 13.3. The van der Waals surface area contributed by atoms with E-state index in [4.69, 9.17) is 5.10 Å². The Kier molecular flexibility index (Phi) is 4.59. The van der Waals surface area contributed by atoms with Crippen molar-refractivity contribution in [1.29, 1.82) is 0 Å². The van der Waals surface area contributed by atoms with E-state index in [1.54, 1.807) is 0 Å². The first-order chi connectivity index (χ1) is 10.3. The fourth-order valence-corrected chi connectivity index (χ4v) is 3.66. The van der Waals surface area contributed by atoms with E-state index in [0.29, 0.717) is 6.04 Å². The van der Waals surface area contributed by atoms with E-state index in [-0.39, 0.29) is 0 Å². The molecule has 0 radical (unpaired) electrons. The van der Waals surface area contributed by atoms with Gasteiger partial charge < -0.3 is 5.32 Å². The number of aromatic nitrogens is 2. The first-order valence-corrected chi connectivity index (χ1v) is 8.49. The van der Waals surface area contributed by atoms with Gasteiger partial charge in [-0.2, -0.15) is 5.10 Å². The number of fused-ring (bicyclic) bond motifs is 1. The summed E-state index contributed by atoms with van der Waals surface area (Å²) in [6, 6.07) is 9.25. The SMILES string of the molecule is CCC1CCCC(NCc2nn(CC)c3ccccc23)C1. The van der Waals surface area contributed by atoms with E-state index in [2.05, 4.69) is 48.1 Å². The molecule has 114 valence electrons. The zero-order valence-electron chi connectivity index (χ0n) is 13.3. The van der Waals surface area contributed by atoms with Gasteiger partial charge in [0.1, 0.15) is 0 Å². The third-order valence-electron chi connectivity index (χ3n) is 4.95. The maximum Gasteiger partial charge on any atom is 0.0841 e. The van der Waals surface area contributed by atoms with Crippen LogP contribution < -0.4 is 5.32 Å². The molecule has 0 bridgehead atoms. The molecule has 1 aromatic carbocycles. The fourth-order valence-electron chi connectivity index (χ4n) is 3.66. The lowest BCUT2D eigenvalue weighted by Gasteiger charge is -2.29. The van der Waals surface area contributed by atoms with Crippen molar-refractivity contribution in [3.8, 4) is 0 Å². The summed E-state index contributed by atoms with van der Waals surface area (Å²) >= 11 is 0. The molecule has 3 heteroatoms. The highest BCUT2D eigenvalue weighted by atomic mass is 15.3. The van der Waals surface area contributed by atoms with Crippen LogP contribution in [0.5, 0.6) is 0 Å². The van der Waals surface area contributed by atoms with Crippen molar-refractivity contribution in [2.24, 2.45) is 5.92 Å². The molecule has 2 aromatic rings. The Labute approximate surface area is 127 Å².